The van der Waals surface area contributed by atoms with Gasteiger partial charge in [0.1, 0.15) is 0 Å². The molecule has 0 amide bonds. The first kappa shape index (κ1) is 17.5. The van der Waals surface area contributed by atoms with Gasteiger partial charge in [0, 0.05) is 25.0 Å². The van der Waals surface area contributed by atoms with Crippen LogP contribution in [0.1, 0.15) is 46.0 Å². The Morgan fingerprint density at radius 3 is 2.25 bits per heavy atom. The lowest BCUT2D eigenvalue weighted by Crippen LogP contribution is -2.57. The van der Waals surface area contributed by atoms with E-state index in [1.807, 2.05) is 11.7 Å². The summed E-state index contributed by atoms with van der Waals surface area (Å²) < 4.78 is 1.87. The van der Waals surface area contributed by atoms with Gasteiger partial charge in [-0.25, -0.2) is 0 Å². The maximum Gasteiger partial charge on any atom is 0.0850 e. The molecule has 1 aromatic heterocycles. The molecule has 0 saturated carbocycles. The summed E-state index contributed by atoms with van der Waals surface area (Å²) in [5, 5.41) is 5.24. The largest absolute Gasteiger partial charge is 0.326 e. The maximum absolute atomic E-state index is 6.48. The quantitative estimate of drug-likeness (QED) is 0.842. The Morgan fingerprint density at radius 1 is 1.30 bits per heavy atom. The predicted octanol–water partition coefficient (Wildman–Crippen LogP) is 2.63. The lowest BCUT2D eigenvalue weighted by Gasteiger charge is -2.41. The van der Waals surface area contributed by atoms with Crippen molar-refractivity contribution in [1.82, 2.24) is 14.7 Å². The molecular formula is C15H29ClN4. The number of aryl methyl sites for hydroxylation is 2. The first-order chi connectivity index (χ1) is 9.29. The molecule has 1 rings (SSSR count). The molecule has 0 aliphatic carbocycles. The van der Waals surface area contributed by atoms with E-state index < -0.39 is 0 Å². The van der Waals surface area contributed by atoms with E-state index in [-0.39, 0.29) is 11.6 Å². The van der Waals surface area contributed by atoms with Gasteiger partial charge in [0.2, 0.25) is 0 Å². The number of aromatic nitrogens is 2. The Morgan fingerprint density at radius 2 is 1.85 bits per heavy atom. The van der Waals surface area contributed by atoms with Crippen molar-refractivity contribution in [3.8, 4) is 0 Å². The molecule has 1 atom stereocenters. The molecule has 0 spiro atoms. The highest BCUT2D eigenvalue weighted by Gasteiger charge is 2.32. The average molecular weight is 301 g/mol. The van der Waals surface area contributed by atoms with Crippen molar-refractivity contribution < 1.29 is 0 Å². The number of hydrogen-bond donors (Lipinski definition) is 1. The van der Waals surface area contributed by atoms with Crippen LogP contribution in [0.15, 0.2) is 0 Å². The third-order valence-corrected chi connectivity index (χ3v) is 4.84. The standard InChI is InChI=1S/C15H29ClN4/c1-7-11-14(16)12(19(6)18-11)10-13(17)15(4,5)20(8-2)9-3/h13H,7-10,17H2,1-6H3. The lowest BCUT2D eigenvalue weighted by molar-refractivity contribution is 0.106. The molecule has 2 N–H and O–H groups in total. The van der Waals surface area contributed by atoms with Gasteiger partial charge in [0.25, 0.3) is 0 Å². The minimum atomic E-state index is -0.0660. The van der Waals surface area contributed by atoms with E-state index in [2.05, 4.69) is 44.6 Å². The van der Waals surface area contributed by atoms with Gasteiger partial charge in [-0.3, -0.25) is 9.58 Å². The minimum absolute atomic E-state index is 0.0139. The molecule has 20 heavy (non-hydrogen) atoms. The fraction of sp³-hybridized carbons (Fsp3) is 0.800. The lowest BCUT2D eigenvalue weighted by atomic mass is 9.89. The van der Waals surface area contributed by atoms with Gasteiger partial charge in [-0.2, -0.15) is 5.10 Å². The summed E-state index contributed by atoms with van der Waals surface area (Å²) in [6.07, 6.45) is 1.59. The fourth-order valence-corrected chi connectivity index (χ4v) is 3.14. The van der Waals surface area contributed by atoms with Crippen LogP contribution in [0.4, 0.5) is 0 Å². The second-order valence-corrected chi connectivity index (χ2v) is 6.20. The Bertz CT molecular complexity index is 435. The molecule has 1 aromatic rings. The third kappa shape index (κ3) is 3.35. The summed E-state index contributed by atoms with van der Waals surface area (Å²) in [5.74, 6) is 0. The molecule has 0 radical (unpaired) electrons. The van der Waals surface area contributed by atoms with E-state index in [0.717, 1.165) is 42.3 Å². The van der Waals surface area contributed by atoms with Crippen molar-refractivity contribution in [2.45, 2.75) is 59.0 Å². The van der Waals surface area contributed by atoms with Crippen molar-refractivity contribution in [2.75, 3.05) is 13.1 Å². The summed E-state index contributed by atoms with van der Waals surface area (Å²) in [4.78, 5) is 2.39. The maximum atomic E-state index is 6.48. The molecule has 0 aliphatic heterocycles. The van der Waals surface area contributed by atoms with Gasteiger partial charge in [0.15, 0.2) is 0 Å². The number of halogens is 1. The van der Waals surface area contributed by atoms with Crippen LogP contribution in [-0.4, -0.2) is 39.4 Å². The van der Waals surface area contributed by atoms with Crippen molar-refractivity contribution in [2.24, 2.45) is 12.8 Å². The molecule has 0 aliphatic rings. The van der Waals surface area contributed by atoms with E-state index in [4.69, 9.17) is 17.3 Å². The number of hydrogen-bond acceptors (Lipinski definition) is 3. The molecule has 116 valence electrons. The van der Waals surface area contributed by atoms with Crippen LogP contribution >= 0.6 is 11.6 Å². The van der Waals surface area contributed by atoms with Crippen LogP contribution in [0.25, 0.3) is 0 Å². The molecule has 0 fully saturated rings. The van der Waals surface area contributed by atoms with Crippen LogP contribution in [0.5, 0.6) is 0 Å². The number of nitrogens with two attached hydrogens (primary N) is 1. The van der Waals surface area contributed by atoms with Gasteiger partial charge in [-0.1, -0.05) is 32.4 Å². The van der Waals surface area contributed by atoms with E-state index in [1.165, 1.54) is 0 Å². The topological polar surface area (TPSA) is 47.1 Å². The molecule has 0 saturated heterocycles. The second-order valence-electron chi connectivity index (χ2n) is 5.82. The summed E-state index contributed by atoms with van der Waals surface area (Å²) in [5.41, 5.74) is 8.41. The zero-order valence-electron chi connectivity index (χ0n) is 13.7. The normalized spacial score (nSPS) is 14.1. The van der Waals surface area contributed by atoms with Crippen molar-refractivity contribution in [1.29, 1.82) is 0 Å². The molecule has 4 nitrogen and oxygen atoms in total. The molecule has 0 bridgehead atoms. The Balaban J connectivity index is 2.95. The van der Waals surface area contributed by atoms with Crippen molar-refractivity contribution >= 4 is 11.6 Å². The van der Waals surface area contributed by atoms with Gasteiger partial charge in [-0.05, 0) is 33.4 Å². The summed E-state index contributed by atoms with van der Waals surface area (Å²) >= 11 is 6.42. The minimum Gasteiger partial charge on any atom is -0.326 e. The summed E-state index contributed by atoms with van der Waals surface area (Å²) in [6, 6.07) is 0.0139. The highest BCUT2D eigenvalue weighted by atomic mass is 35.5. The summed E-state index contributed by atoms with van der Waals surface area (Å²) in [6.45, 7) is 12.8. The van der Waals surface area contributed by atoms with E-state index >= 15 is 0 Å². The Kier molecular flexibility index (Phi) is 6.05. The zero-order valence-corrected chi connectivity index (χ0v) is 14.5. The number of likely N-dealkylation sites (N-methyl/N-ethyl adjacent to an activating group) is 1. The number of nitrogens with zero attached hydrogens (tertiary/aromatic N) is 3. The molecule has 1 heterocycles. The van der Waals surface area contributed by atoms with E-state index in [9.17, 15) is 0 Å². The number of rotatable bonds is 7. The Hall–Kier alpha value is -0.580. The second kappa shape index (κ2) is 6.92. The first-order valence-corrected chi connectivity index (χ1v) is 7.88. The van der Waals surface area contributed by atoms with Gasteiger partial charge >= 0.3 is 0 Å². The van der Waals surface area contributed by atoms with Crippen molar-refractivity contribution in [3.63, 3.8) is 0 Å². The van der Waals surface area contributed by atoms with E-state index in [0.29, 0.717) is 0 Å². The monoisotopic (exact) mass is 300 g/mol. The van der Waals surface area contributed by atoms with Gasteiger partial charge in [0.05, 0.1) is 16.4 Å². The fourth-order valence-electron chi connectivity index (χ4n) is 2.77. The summed E-state index contributed by atoms with van der Waals surface area (Å²) in [7, 11) is 1.94. The van der Waals surface area contributed by atoms with Gasteiger partial charge < -0.3 is 5.73 Å². The van der Waals surface area contributed by atoms with E-state index in [1.54, 1.807) is 0 Å². The Labute approximate surface area is 128 Å². The first-order valence-electron chi connectivity index (χ1n) is 7.50. The highest BCUT2D eigenvalue weighted by molar-refractivity contribution is 6.31. The average Bonchev–Trinajstić information content (AvgIpc) is 2.67. The van der Waals surface area contributed by atoms with Gasteiger partial charge in [-0.15, -0.1) is 0 Å². The molecule has 5 heteroatoms. The van der Waals surface area contributed by atoms with Crippen LogP contribution in [0.2, 0.25) is 5.02 Å². The predicted molar refractivity (Wildman–Crippen MR) is 86.3 cm³/mol. The zero-order chi connectivity index (χ0) is 15.5. The molecule has 0 aromatic carbocycles. The smallest absolute Gasteiger partial charge is 0.0850 e. The molecular weight excluding hydrogens is 272 g/mol. The highest BCUT2D eigenvalue weighted by Crippen LogP contribution is 2.26. The van der Waals surface area contributed by atoms with Crippen molar-refractivity contribution in [3.05, 3.63) is 16.4 Å². The van der Waals surface area contributed by atoms with Crippen LogP contribution in [-0.2, 0) is 19.9 Å². The third-order valence-electron chi connectivity index (χ3n) is 4.40. The van der Waals surface area contributed by atoms with Crippen LogP contribution in [0, 0.1) is 0 Å². The molecule has 1 unspecified atom stereocenters. The van der Waals surface area contributed by atoms with Crippen LogP contribution in [0.3, 0.4) is 0 Å². The van der Waals surface area contributed by atoms with Crippen LogP contribution < -0.4 is 5.73 Å². The SMILES string of the molecule is CCc1nn(C)c(CC(N)C(C)(C)N(CC)CC)c1Cl.